The first-order chi connectivity index (χ1) is 6.98. The SMILES string of the molecule is C=C(CC)CC(NC)C1CCS(=O)(=O)C1. The van der Waals surface area contributed by atoms with E-state index in [1.165, 1.54) is 5.57 Å². The number of sulfone groups is 1. The van der Waals surface area contributed by atoms with Crippen LogP contribution >= 0.6 is 0 Å². The average Bonchev–Trinajstić information content (AvgIpc) is 2.54. The molecule has 4 heteroatoms. The maximum absolute atomic E-state index is 11.4. The van der Waals surface area contributed by atoms with Gasteiger partial charge in [0.1, 0.15) is 0 Å². The minimum absolute atomic E-state index is 0.267. The van der Waals surface area contributed by atoms with Crippen molar-refractivity contribution >= 4 is 9.84 Å². The van der Waals surface area contributed by atoms with Crippen molar-refractivity contribution in [3.63, 3.8) is 0 Å². The molecule has 1 rings (SSSR count). The molecule has 3 nitrogen and oxygen atoms in total. The third-order valence-corrected chi connectivity index (χ3v) is 5.01. The van der Waals surface area contributed by atoms with Gasteiger partial charge in [-0.25, -0.2) is 8.42 Å². The van der Waals surface area contributed by atoms with Gasteiger partial charge in [-0.15, -0.1) is 0 Å². The Balaban J connectivity index is 2.57. The molecule has 0 aromatic rings. The summed E-state index contributed by atoms with van der Waals surface area (Å²) in [6, 6.07) is 0.273. The molecule has 0 spiro atoms. The highest BCUT2D eigenvalue weighted by Crippen LogP contribution is 2.25. The van der Waals surface area contributed by atoms with Crippen LogP contribution in [0.3, 0.4) is 0 Å². The van der Waals surface area contributed by atoms with Gasteiger partial charge < -0.3 is 5.32 Å². The summed E-state index contributed by atoms with van der Waals surface area (Å²) in [7, 11) is -0.861. The van der Waals surface area contributed by atoms with Gasteiger partial charge in [0.05, 0.1) is 11.5 Å². The van der Waals surface area contributed by atoms with Gasteiger partial charge in [-0.3, -0.25) is 0 Å². The monoisotopic (exact) mass is 231 g/mol. The second-order valence-electron chi connectivity index (χ2n) is 4.37. The van der Waals surface area contributed by atoms with E-state index in [0.29, 0.717) is 11.5 Å². The Morgan fingerprint density at radius 1 is 1.60 bits per heavy atom. The molecule has 0 aromatic heterocycles. The molecule has 0 bridgehead atoms. The van der Waals surface area contributed by atoms with E-state index in [0.717, 1.165) is 19.3 Å². The van der Waals surface area contributed by atoms with E-state index < -0.39 is 9.84 Å². The zero-order chi connectivity index (χ0) is 11.5. The van der Waals surface area contributed by atoms with Crippen LogP contribution in [0.5, 0.6) is 0 Å². The van der Waals surface area contributed by atoms with Crippen molar-refractivity contribution in [2.75, 3.05) is 18.6 Å². The Bertz CT molecular complexity index is 321. The predicted molar refractivity (Wildman–Crippen MR) is 63.7 cm³/mol. The Hall–Kier alpha value is -0.350. The minimum Gasteiger partial charge on any atom is -0.316 e. The van der Waals surface area contributed by atoms with Crippen LogP contribution in [-0.2, 0) is 9.84 Å². The molecule has 2 atom stereocenters. The van der Waals surface area contributed by atoms with Gasteiger partial charge in [-0.05, 0) is 32.2 Å². The van der Waals surface area contributed by atoms with Gasteiger partial charge in [0.2, 0.25) is 0 Å². The van der Waals surface area contributed by atoms with Crippen molar-refractivity contribution in [3.8, 4) is 0 Å². The lowest BCUT2D eigenvalue weighted by Gasteiger charge is -2.22. The Kier molecular flexibility index (Phi) is 4.34. The van der Waals surface area contributed by atoms with Gasteiger partial charge in [0, 0.05) is 6.04 Å². The third kappa shape index (κ3) is 3.61. The van der Waals surface area contributed by atoms with Crippen LogP contribution in [0, 0.1) is 5.92 Å². The highest BCUT2D eigenvalue weighted by Gasteiger charge is 2.32. The zero-order valence-corrected chi connectivity index (χ0v) is 10.4. The topological polar surface area (TPSA) is 46.2 Å². The van der Waals surface area contributed by atoms with E-state index in [-0.39, 0.29) is 12.0 Å². The van der Waals surface area contributed by atoms with Crippen LogP contribution in [0.1, 0.15) is 26.2 Å². The molecule has 0 radical (unpaired) electrons. The zero-order valence-electron chi connectivity index (χ0n) is 9.62. The summed E-state index contributed by atoms with van der Waals surface area (Å²) in [5, 5.41) is 3.22. The molecular weight excluding hydrogens is 210 g/mol. The Morgan fingerprint density at radius 3 is 2.67 bits per heavy atom. The summed E-state index contributed by atoms with van der Waals surface area (Å²) in [5.74, 6) is 0.965. The van der Waals surface area contributed by atoms with Crippen molar-refractivity contribution in [3.05, 3.63) is 12.2 Å². The van der Waals surface area contributed by atoms with Gasteiger partial charge in [-0.1, -0.05) is 19.1 Å². The van der Waals surface area contributed by atoms with E-state index in [1.54, 1.807) is 0 Å². The summed E-state index contributed by atoms with van der Waals surface area (Å²) < 4.78 is 22.7. The Morgan fingerprint density at radius 2 is 2.27 bits per heavy atom. The van der Waals surface area contributed by atoms with Crippen LogP contribution < -0.4 is 5.32 Å². The Labute approximate surface area is 92.9 Å². The molecule has 0 saturated carbocycles. The van der Waals surface area contributed by atoms with Gasteiger partial charge in [0.25, 0.3) is 0 Å². The first kappa shape index (κ1) is 12.7. The number of nitrogens with one attached hydrogen (secondary N) is 1. The van der Waals surface area contributed by atoms with Crippen molar-refractivity contribution in [2.45, 2.75) is 32.2 Å². The van der Waals surface area contributed by atoms with Crippen molar-refractivity contribution in [1.82, 2.24) is 5.32 Å². The van der Waals surface area contributed by atoms with Gasteiger partial charge in [0.15, 0.2) is 9.84 Å². The fourth-order valence-electron chi connectivity index (χ4n) is 2.10. The molecule has 1 saturated heterocycles. The fraction of sp³-hybridized carbons (Fsp3) is 0.818. The van der Waals surface area contributed by atoms with E-state index in [9.17, 15) is 8.42 Å². The first-order valence-electron chi connectivity index (χ1n) is 5.53. The molecule has 88 valence electrons. The molecule has 1 aliphatic heterocycles. The van der Waals surface area contributed by atoms with Gasteiger partial charge >= 0.3 is 0 Å². The lowest BCUT2D eigenvalue weighted by Crippen LogP contribution is -2.34. The normalized spacial score (nSPS) is 26.4. The highest BCUT2D eigenvalue weighted by atomic mass is 32.2. The van der Waals surface area contributed by atoms with Gasteiger partial charge in [-0.2, -0.15) is 0 Å². The highest BCUT2D eigenvalue weighted by molar-refractivity contribution is 7.91. The van der Waals surface area contributed by atoms with E-state index >= 15 is 0 Å². The minimum atomic E-state index is -2.76. The summed E-state index contributed by atoms with van der Waals surface area (Å²) in [5.41, 5.74) is 1.19. The van der Waals surface area contributed by atoms with Crippen molar-refractivity contribution < 1.29 is 8.42 Å². The van der Waals surface area contributed by atoms with E-state index in [2.05, 4.69) is 18.8 Å². The molecule has 1 fully saturated rings. The lowest BCUT2D eigenvalue weighted by molar-refractivity contribution is 0.400. The van der Waals surface area contributed by atoms with E-state index in [1.807, 2.05) is 7.05 Å². The summed E-state index contributed by atoms with van der Waals surface area (Å²) in [6.07, 6.45) is 2.66. The molecule has 1 heterocycles. The largest absolute Gasteiger partial charge is 0.316 e. The van der Waals surface area contributed by atoms with Crippen molar-refractivity contribution in [1.29, 1.82) is 0 Å². The molecule has 1 N–H and O–H groups in total. The van der Waals surface area contributed by atoms with Crippen LogP contribution in [0.4, 0.5) is 0 Å². The maximum Gasteiger partial charge on any atom is 0.150 e. The molecule has 0 aromatic carbocycles. The fourth-order valence-corrected chi connectivity index (χ4v) is 3.98. The number of rotatable bonds is 5. The molecule has 0 aliphatic carbocycles. The molecular formula is C11H21NO2S. The van der Waals surface area contributed by atoms with E-state index in [4.69, 9.17) is 0 Å². The second-order valence-corrected chi connectivity index (χ2v) is 6.59. The lowest BCUT2D eigenvalue weighted by atomic mass is 9.93. The van der Waals surface area contributed by atoms with Crippen LogP contribution in [0.25, 0.3) is 0 Å². The maximum atomic E-state index is 11.4. The standard InChI is InChI=1S/C11H21NO2S/c1-4-9(2)7-11(12-3)10-5-6-15(13,14)8-10/h10-12H,2,4-8H2,1,3H3. The van der Waals surface area contributed by atoms with Crippen molar-refractivity contribution in [2.24, 2.45) is 5.92 Å². The molecule has 15 heavy (non-hydrogen) atoms. The second kappa shape index (κ2) is 5.12. The van der Waals surface area contributed by atoms with Crippen LogP contribution in [0.2, 0.25) is 0 Å². The first-order valence-corrected chi connectivity index (χ1v) is 7.35. The molecule has 2 unspecified atom stereocenters. The van der Waals surface area contributed by atoms with Crippen LogP contribution in [-0.4, -0.2) is 33.0 Å². The number of hydrogen-bond donors (Lipinski definition) is 1. The predicted octanol–water partition coefficient (Wildman–Crippen LogP) is 1.37. The quantitative estimate of drug-likeness (QED) is 0.727. The summed E-state index contributed by atoms with van der Waals surface area (Å²) in [4.78, 5) is 0. The van der Waals surface area contributed by atoms with Crippen LogP contribution in [0.15, 0.2) is 12.2 Å². The summed E-state index contributed by atoms with van der Waals surface area (Å²) >= 11 is 0. The molecule has 0 amide bonds. The third-order valence-electron chi connectivity index (χ3n) is 3.22. The average molecular weight is 231 g/mol. The smallest absolute Gasteiger partial charge is 0.150 e. The number of hydrogen-bond acceptors (Lipinski definition) is 3. The summed E-state index contributed by atoms with van der Waals surface area (Å²) in [6.45, 7) is 6.06. The molecule has 1 aliphatic rings.